The lowest BCUT2D eigenvalue weighted by Crippen LogP contribution is -2.45. The van der Waals surface area contributed by atoms with Crippen LogP contribution in [0.5, 0.6) is 0 Å². The van der Waals surface area contributed by atoms with E-state index in [4.69, 9.17) is 0 Å². The Morgan fingerprint density at radius 3 is 2.65 bits per heavy atom. The van der Waals surface area contributed by atoms with Crippen molar-refractivity contribution < 1.29 is 18.0 Å². The number of anilines is 1. The van der Waals surface area contributed by atoms with Gasteiger partial charge in [-0.05, 0) is 12.8 Å². The number of hydrogen-bond donors (Lipinski definition) is 1. The molecule has 5 nitrogen and oxygen atoms in total. The summed E-state index contributed by atoms with van der Waals surface area (Å²) in [4.78, 5) is 18.4. The first kappa shape index (κ1) is 18.0. The Morgan fingerprint density at radius 1 is 1.39 bits per heavy atom. The summed E-state index contributed by atoms with van der Waals surface area (Å²) in [6.07, 6.45) is -3.05. The third-order valence-corrected chi connectivity index (χ3v) is 4.39. The monoisotopic (exact) mass is 350 g/mol. The van der Waals surface area contributed by atoms with Crippen molar-refractivity contribution in [1.29, 1.82) is 0 Å². The standard InChI is InChI=1S/C14H21F3N4OS/c1-13(2,3)11-19-12(23-20-11)21-6-4-5-9(7-21)10(22)18-8-14(15,16)17/h9H,4-8H2,1-3H3,(H,18,22). The predicted octanol–water partition coefficient (Wildman–Crippen LogP) is 2.73. The maximum absolute atomic E-state index is 12.2. The Labute approximate surface area is 137 Å². The number of aromatic nitrogens is 2. The topological polar surface area (TPSA) is 58.1 Å². The van der Waals surface area contributed by atoms with Crippen LogP contribution in [0.1, 0.15) is 39.4 Å². The largest absolute Gasteiger partial charge is 0.405 e. The van der Waals surface area contributed by atoms with Crippen LogP contribution < -0.4 is 10.2 Å². The average molecular weight is 350 g/mol. The molecule has 0 saturated carbocycles. The number of alkyl halides is 3. The molecule has 0 bridgehead atoms. The van der Waals surface area contributed by atoms with Crippen LogP contribution in [0.15, 0.2) is 0 Å². The molecule has 2 rings (SSSR count). The van der Waals surface area contributed by atoms with Crippen LogP contribution >= 0.6 is 11.5 Å². The molecule has 1 amide bonds. The Bertz CT molecular complexity index is 553. The molecule has 1 aromatic rings. The van der Waals surface area contributed by atoms with Crippen LogP contribution in [0.25, 0.3) is 0 Å². The molecule has 2 heterocycles. The second kappa shape index (κ2) is 6.62. The Balaban J connectivity index is 1.98. The van der Waals surface area contributed by atoms with E-state index >= 15 is 0 Å². The molecule has 1 unspecified atom stereocenters. The van der Waals surface area contributed by atoms with Gasteiger partial charge in [-0.1, -0.05) is 20.8 Å². The number of rotatable bonds is 3. The van der Waals surface area contributed by atoms with Crippen LogP contribution in [0.4, 0.5) is 18.3 Å². The molecule has 1 aliphatic heterocycles. The van der Waals surface area contributed by atoms with E-state index in [-0.39, 0.29) is 5.41 Å². The van der Waals surface area contributed by atoms with Crippen molar-refractivity contribution in [2.75, 3.05) is 24.5 Å². The van der Waals surface area contributed by atoms with Gasteiger partial charge in [-0.3, -0.25) is 4.79 Å². The SMILES string of the molecule is CC(C)(C)c1nsc(N2CCCC(C(=O)NCC(F)(F)F)C2)n1. The van der Waals surface area contributed by atoms with Gasteiger partial charge in [0.25, 0.3) is 0 Å². The van der Waals surface area contributed by atoms with Crippen molar-refractivity contribution in [3.63, 3.8) is 0 Å². The summed E-state index contributed by atoms with van der Waals surface area (Å²) in [6.45, 7) is 5.88. The third-order valence-electron chi connectivity index (χ3n) is 3.61. The maximum Gasteiger partial charge on any atom is 0.405 e. The Hall–Kier alpha value is -1.38. The zero-order valence-corrected chi connectivity index (χ0v) is 14.2. The minimum absolute atomic E-state index is 0.159. The number of piperidine rings is 1. The van der Waals surface area contributed by atoms with E-state index < -0.39 is 24.5 Å². The van der Waals surface area contributed by atoms with Crippen molar-refractivity contribution in [3.8, 4) is 0 Å². The van der Waals surface area contributed by atoms with E-state index in [1.807, 2.05) is 31.0 Å². The molecule has 1 fully saturated rings. The molecule has 0 radical (unpaired) electrons. The maximum atomic E-state index is 12.2. The van der Waals surface area contributed by atoms with Gasteiger partial charge in [0, 0.05) is 30.0 Å². The molecule has 23 heavy (non-hydrogen) atoms. The number of nitrogens with one attached hydrogen (secondary N) is 1. The van der Waals surface area contributed by atoms with Crippen LogP contribution in [-0.2, 0) is 10.2 Å². The van der Waals surface area contributed by atoms with Gasteiger partial charge in [0.2, 0.25) is 11.0 Å². The summed E-state index contributed by atoms with van der Waals surface area (Å²) < 4.78 is 40.9. The number of nitrogens with zero attached hydrogens (tertiary/aromatic N) is 3. The minimum Gasteiger partial charge on any atom is -0.347 e. The molecule has 1 saturated heterocycles. The Kier molecular flexibility index (Phi) is 5.17. The van der Waals surface area contributed by atoms with E-state index in [1.54, 1.807) is 0 Å². The van der Waals surface area contributed by atoms with E-state index in [0.717, 1.165) is 23.9 Å². The molecule has 1 aromatic heterocycles. The molecule has 9 heteroatoms. The zero-order valence-electron chi connectivity index (χ0n) is 13.4. The molecule has 1 N–H and O–H groups in total. The van der Waals surface area contributed by atoms with Crippen LogP contribution in [-0.4, -0.2) is 41.1 Å². The Morgan fingerprint density at radius 2 is 2.09 bits per heavy atom. The predicted molar refractivity (Wildman–Crippen MR) is 82.6 cm³/mol. The quantitative estimate of drug-likeness (QED) is 0.911. The number of halogens is 3. The first-order chi connectivity index (χ1) is 10.6. The average Bonchev–Trinajstić information content (AvgIpc) is 2.94. The molecule has 0 aliphatic carbocycles. The van der Waals surface area contributed by atoms with E-state index in [0.29, 0.717) is 13.0 Å². The second-order valence-corrected chi connectivity index (χ2v) is 7.50. The highest BCUT2D eigenvalue weighted by molar-refractivity contribution is 7.09. The van der Waals surface area contributed by atoms with E-state index in [2.05, 4.69) is 9.36 Å². The van der Waals surface area contributed by atoms with Gasteiger partial charge in [0.05, 0.1) is 5.92 Å². The van der Waals surface area contributed by atoms with Crippen molar-refractivity contribution in [2.24, 2.45) is 5.92 Å². The summed E-state index contributed by atoms with van der Waals surface area (Å²) in [6, 6.07) is 0. The van der Waals surface area contributed by atoms with Crippen molar-refractivity contribution in [3.05, 3.63) is 5.82 Å². The van der Waals surface area contributed by atoms with Crippen LogP contribution in [0.2, 0.25) is 0 Å². The van der Waals surface area contributed by atoms with Gasteiger partial charge in [-0.25, -0.2) is 4.98 Å². The fourth-order valence-corrected chi connectivity index (χ4v) is 3.24. The van der Waals surface area contributed by atoms with Crippen LogP contribution in [0, 0.1) is 5.92 Å². The highest BCUT2D eigenvalue weighted by Crippen LogP contribution is 2.28. The first-order valence-electron chi connectivity index (χ1n) is 7.50. The number of carbonyl (C=O) groups excluding carboxylic acids is 1. The van der Waals surface area contributed by atoms with Gasteiger partial charge in [0.1, 0.15) is 12.4 Å². The van der Waals surface area contributed by atoms with Gasteiger partial charge >= 0.3 is 6.18 Å². The lowest BCUT2D eigenvalue weighted by molar-refractivity contribution is -0.140. The summed E-state index contributed by atoms with van der Waals surface area (Å²) in [5, 5.41) is 2.70. The normalized spacial score (nSPS) is 19.7. The molecule has 0 aromatic carbocycles. The van der Waals surface area contributed by atoms with E-state index in [9.17, 15) is 18.0 Å². The van der Waals surface area contributed by atoms with Crippen molar-refractivity contribution in [2.45, 2.75) is 45.2 Å². The minimum atomic E-state index is -4.38. The summed E-state index contributed by atoms with van der Waals surface area (Å²) in [7, 11) is 0. The van der Waals surface area contributed by atoms with Crippen LogP contribution in [0.3, 0.4) is 0 Å². The highest BCUT2D eigenvalue weighted by atomic mass is 32.1. The molecule has 0 spiro atoms. The highest BCUT2D eigenvalue weighted by Gasteiger charge is 2.32. The van der Waals surface area contributed by atoms with Gasteiger partial charge in [-0.15, -0.1) is 0 Å². The number of hydrogen-bond acceptors (Lipinski definition) is 5. The second-order valence-electron chi connectivity index (χ2n) is 6.77. The molecular formula is C14H21F3N4OS. The van der Waals surface area contributed by atoms with Gasteiger partial charge < -0.3 is 10.2 Å². The summed E-state index contributed by atoms with van der Waals surface area (Å²) in [5.74, 6) is -0.262. The molecule has 1 aliphatic rings. The van der Waals surface area contributed by atoms with Gasteiger partial charge in [-0.2, -0.15) is 17.5 Å². The molecule has 130 valence electrons. The molecular weight excluding hydrogens is 329 g/mol. The third kappa shape index (κ3) is 5.05. The fourth-order valence-electron chi connectivity index (χ4n) is 2.35. The number of carbonyl (C=O) groups is 1. The van der Waals surface area contributed by atoms with Gasteiger partial charge in [0.15, 0.2) is 0 Å². The number of amides is 1. The smallest absolute Gasteiger partial charge is 0.347 e. The van der Waals surface area contributed by atoms with Crippen molar-refractivity contribution in [1.82, 2.24) is 14.7 Å². The summed E-state index contributed by atoms with van der Waals surface area (Å²) in [5.41, 5.74) is -0.159. The van der Waals surface area contributed by atoms with Crippen molar-refractivity contribution >= 4 is 22.6 Å². The summed E-state index contributed by atoms with van der Waals surface area (Å²) >= 11 is 1.27. The lowest BCUT2D eigenvalue weighted by atomic mass is 9.96. The lowest BCUT2D eigenvalue weighted by Gasteiger charge is -2.31. The van der Waals surface area contributed by atoms with E-state index in [1.165, 1.54) is 11.5 Å². The molecule has 1 atom stereocenters. The zero-order chi connectivity index (χ0) is 17.3. The first-order valence-corrected chi connectivity index (χ1v) is 8.27. The fraction of sp³-hybridized carbons (Fsp3) is 0.786.